The molecule has 1 unspecified atom stereocenters. The monoisotopic (exact) mass is 424 g/mol. The van der Waals surface area contributed by atoms with E-state index in [9.17, 15) is 14.4 Å². The van der Waals surface area contributed by atoms with Gasteiger partial charge in [-0.1, -0.05) is 44.0 Å². The molecule has 6 heteroatoms. The molecule has 3 aliphatic carbocycles. The molecule has 1 fully saturated rings. The summed E-state index contributed by atoms with van der Waals surface area (Å²) in [4.78, 5) is 38.2. The highest BCUT2D eigenvalue weighted by atomic mass is 16.5. The van der Waals surface area contributed by atoms with Gasteiger partial charge in [0, 0.05) is 25.4 Å². The summed E-state index contributed by atoms with van der Waals surface area (Å²) in [5, 5.41) is 6.23. The highest BCUT2D eigenvalue weighted by molar-refractivity contribution is 5.96. The van der Waals surface area contributed by atoms with Gasteiger partial charge in [-0.15, -0.1) is 0 Å². The summed E-state index contributed by atoms with van der Waals surface area (Å²) in [7, 11) is 1.49. The number of fused-ring (bicyclic) bond motifs is 3. The van der Waals surface area contributed by atoms with Crippen molar-refractivity contribution in [2.45, 2.75) is 70.4 Å². The van der Waals surface area contributed by atoms with Crippen molar-refractivity contribution in [1.29, 1.82) is 0 Å². The fraction of sp³-hybridized carbons (Fsp3) is 0.560. The molecule has 31 heavy (non-hydrogen) atoms. The maximum absolute atomic E-state index is 13.7. The predicted octanol–water partition coefficient (Wildman–Crippen LogP) is 3.02. The SMILES string of the molecule is COC1=C[C@H](C(=O)N[C@H]2CCCC[C@@H]2NC(C)=O)C2(C)Cc3ccccc3[C@H]2CC1=O. The zero-order valence-electron chi connectivity index (χ0n) is 18.6. The number of methoxy groups -OCH3 is 1. The van der Waals surface area contributed by atoms with Crippen molar-refractivity contribution < 1.29 is 19.1 Å². The van der Waals surface area contributed by atoms with E-state index in [1.165, 1.54) is 19.6 Å². The van der Waals surface area contributed by atoms with Crippen LogP contribution in [0.5, 0.6) is 0 Å². The van der Waals surface area contributed by atoms with Crippen molar-refractivity contribution in [3.8, 4) is 0 Å². The highest BCUT2D eigenvalue weighted by Gasteiger charge is 2.52. The van der Waals surface area contributed by atoms with Crippen molar-refractivity contribution in [1.82, 2.24) is 10.6 Å². The van der Waals surface area contributed by atoms with Crippen LogP contribution in [0.4, 0.5) is 0 Å². The first-order chi connectivity index (χ1) is 14.8. The third-order valence-corrected chi connectivity index (χ3v) is 7.48. The van der Waals surface area contributed by atoms with Gasteiger partial charge in [-0.3, -0.25) is 14.4 Å². The third kappa shape index (κ3) is 4.00. The molecule has 0 heterocycles. The number of rotatable bonds is 4. The molecule has 0 spiro atoms. The molecule has 2 amide bonds. The van der Waals surface area contributed by atoms with Gasteiger partial charge in [0.15, 0.2) is 11.5 Å². The number of allylic oxidation sites excluding steroid dienone is 1. The van der Waals surface area contributed by atoms with Gasteiger partial charge in [-0.2, -0.15) is 0 Å². The Balaban J connectivity index is 1.65. The van der Waals surface area contributed by atoms with Crippen LogP contribution in [0.15, 0.2) is 36.1 Å². The number of carbonyl (C=O) groups is 3. The third-order valence-electron chi connectivity index (χ3n) is 7.48. The number of ether oxygens (including phenoxy) is 1. The summed E-state index contributed by atoms with van der Waals surface area (Å²) in [6.07, 6.45) is 6.58. The van der Waals surface area contributed by atoms with Crippen molar-refractivity contribution in [3.05, 3.63) is 47.2 Å². The number of ketones is 1. The average Bonchev–Trinajstić information content (AvgIpc) is 2.95. The summed E-state index contributed by atoms with van der Waals surface area (Å²) < 4.78 is 5.40. The van der Waals surface area contributed by atoms with Crippen molar-refractivity contribution >= 4 is 17.6 Å². The van der Waals surface area contributed by atoms with Crippen LogP contribution in [-0.4, -0.2) is 36.8 Å². The molecule has 5 atom stereocenters. The van der Waals surface area contributed by atoms with E-state index in [2.05, 4.69) is 29.7 Å². The Bertz CT molecular complexity index is 924. The summed E-state index contributed by atoms with van der Waals surface area (Å²) in [5.41, 5.74) is 1.96. The lowest BCUT2D eigenvalue weighted by atomic mass is 9.67. The lowest BCUT2D eigenvalue weighted by Gasteiger charge is -2.38. The van der Waals surface area contributed by atoms with Gasteiger partial charge < -0.3 is 15.4 Å². The van der Waals surface area contributed by atoms with Gasteiger partial charge in [0.1, 0.15) is 0 Å². The lowest BCUT2D eigenvalue weighted by Crippen LogP contribution is -2.55. The Morgan fingerprint density at radius 1 is 1.10 bits per heavy atom. The smallest absolute Gasteiger partial charge is 0.227 e. The van der Waals surface area contributed by atoms with E-state index in [4.69, 9.17) is 4.74 Å². The molecule has 0 aliphatic heterocycles. The molecule has 0 bridgehead atoms. The summed E-state index contributed by atoms with van der Waals surface area (Å²) in [6.45, 7) is 3.63. The number of amides is 2. The summed E-state index contributed by atoms with van der Waals surface area (Å²) >= 11 is 0. The van der Waals surface area contributed by atoms with E-state index in [1.54, 1.807) is 6.08 Å². The van der Waals surface area contributed by atoms with Crippen molar-refractivity contribution in [2.75, 3.05) is 7.11 Å². The minimum atomic E-state index is -0.494. The van der Waals surface area contributed by atoms with E-state index in [-0.39, 0.29) is 41.4 Å². The Morgan fingerprint density at radius 2 is 1.77 bits per heavy atom. The largest absolute Gasteiger partial charge is 0.493 e. The van der Waals surface area contributed by atoms with Gasteiger partial charge in [0.05, 0.1) is 13.0 Å². The molecular weight excluding hydrogens is 392 g/mol. The molecule has 166 valence electrons. The first-order valence-electron chi connectivity index (χ1n) is 11.3. The molecular formula is C25H32N2O4. The number of carbonyl (C=O) groups excluding carboxylic acids is 3. The maximum atomic E-state index is 13.7. The Labute approximate surface area is 183 Å². The average molecular weight is 425 g/mol. The number of Topliss-reactive ketones (excluding diaryl/α,β-unsaturated/α-hetero) is 1. The fourth-order valence-electron chi connectivity index (χ4n) is 5.88. The first kappa shape index (κ1) is 21.6. The normalized spacial score (nSPS) is 32.2. The van der Waals surface area contributed by atoms with Gasteiger partial charge in [0.25, 0.3) is 0 Å². The minimum Gasteiger partial charge on any atom is -0.493 e. The molecule has 4 rings (SSSR count). The Morgan fingerprint density at radius 3 is 2.45 bits per heavy atom. The molecule has 0 saturated heterocycles. The zero-order chi connectivity index (χ0) is 22.2. The quantitative estimate of drug-likeness (QED) is 0.778. The predicted molar refractivity (Wildman–Crippen MR) is 117 cm³/mol. The fourth-order valence-corrected chi connectivity index (χ4v) is 5.88. The van der Waals surface area contributed by atoms with Crippen LogP contribution in [0.3, 0.4) is 0 Å². The van der Waals surface area contributed by atoms with Crippen molar-refractivity contribution in [2.24, 2.45) is 11.3 Å². The number of hydrogen-bond donors (Lipinski definition) is 2. The van der Waals surface area contributed by atoms with Gasteiger partial charge in [0.2, 0.25) is 11.8 Å². The van der Waals surface area contributed by atoms with Crippen LogP contribution in [0, 0.1) is 11.3 Å². The second-order valence-electron chi connectivity index (χ2n) is 9.48. The maximum Gasteiger partial charge on any atom is 0.227 e. The highest BCUT2D eigenvalue weighted by Crippen LogP contribution is 2.55. The van der Waals surface area contributed by atoms with Crippen LogP contribution in [-0.2, 0) is 25.5 Å². The standard InChI is InChI=1S/C25H32N2O4/c1-15(28)26-20-10-6-7-11-21(20)27-24(30)19-13-23(31-3)22(29)12-18-17-9-5-4-8-16(17)14-25(18,19)2/h4-5,8-9,13,18-21H,6-7,10-12,14H2,1-3H3,(H,26,28)(H,27,30)/t18-,19-,20+,21+,25?/m1/s1. The molecule has 1 aromatic rings. The van der Waals surface area contributed by atoms with Crippen LogP contribution in [0.1, 0.15) is 63.0 Å². The summed E-state index contributed by atoms with van der Waals surface area (Å²) in [6, 6.07) is 8.04. The minimum absolute atomic E-state index is 0.0339. The molecule has 3 aliphatic rings. The Hall–Kier alpha value is -2.63. The molecule has 1 aromatic carbocycles. The molecule has 0 aromatic heterocycles. The molecule has 0 radical (unpaired) electrons. The van der Waals surface area contributed by atoms with E-state index in [0.29, 0.717) is 6.42 Å². The van der Waals surface area contributed by atoms with Gasteiger partial charge in [-0.05, 0) is 47.8 Å². The molecule has 2 N–H and O–H groups in total. The number of benzene rings is 1. The van der Waals surface area contributed by atoms with Gasteiger partial charge >= 0.3 is 0 Å². The van der Waals surface area contributed by atoms with Crippen LogP contribution >= 0.6 is 0 Å². The topological polar surface area (TPSA) is 84.5 Å². The zero-order valence-corrected chi connectivity index (χ0v) is 18.6. The first-order valence-corrected chi connectivity index (χ1v) is 11.3. The lowest BCUT2D eigenvalue weighted by molar-refractivity contribution is -0.129. The molecule has 1 saturated carbocycles. The van der Waals surface area contributed by atoms with Crippen LogP contribution in [0.25, 0.3) is 0 Å². The molecule has 6 nitrogen and oxygen atoms in total. The Kier molecular flexibility index (Phi) is 5.91. The van der Waals surface area contributed by atoms with E-state index in [1.807, 2.05) is 12.1 Å². The van der Waals surface area contributed by atoms with E-state index < -0.39 is 11.3 Å². The second kappa shape index (κ2) is 8.48. The van der Waals surface area contributed by atoms with Crippen LogP contribution < -0.4 is 10.6 Å². The van der Waals surface area contributed by atoms with Crippen LogP contribution in [0.2, 0.25) is 0 Å². The number of hydrogen-bond acceptors (Lipinski definition) is 4. The van der Waals surface area contributed by atoms with Gasteiger partial charge in [-0.25, -0.2) is 0 Å². The van der Waals surface area contributed by atoms with Crippen molar-refractivity contribution in [3.63, 3.8) is 0 Å². The van der Waals surface area contributed by atoms with E-state index >= 15 is 0 Å². The number of nitrogens with one attached hydrogen (secondary N) is 2. The summed E-state index contributed by atoms with van der Waals surface area (Å²) in [5.74, 6) is -0.479. The second-order valence-corrected chi connectivity index (χ2v) is 9.48. The van der Waals surface area contributed by atoms with E-state index in [0.717, 1.165) is 37.7 Å².